The monoisotopic (exact) mass is 549 g/mol. The average molecular weight is 550 g/mol. The zero-order valence-electron chi connectivity index (χ0n) is 19.7. The van der Waals surface area contributed by atoms with Crippen molar-refractivity contribution in [3.63, 3.8) is 0 Å². The zero-order valence-corrected chi connectivity index (χ0v) is 21.2. The lowest BCUT2D eigenvalue weighted by molar-refractivity contribution is -0.133. The molecule has 0 bridgehead atoms. The molecule has 0 spiro atoms. The first-order valence-corrected chi connectivity index (χ1v) is 12.0. The Balaban J connectivity index is 1.46. The third-order valence-corrected chi connectivity index (χ3v) is 6.40. The second-order valence-electron chi connectivity index (χ2n) is 8.26. The van der Waals surface area contributed by atoms with Gasteiger partial charge in [0.1, 0.15) is 5.92 Å². The molecule has 1 saturated heterocycles. The predicted molar refractivity (Wildman–Crippen MR) is 138 cm³/mol. The van der Waals surface area contributed by atoms with Crippen LogP contribution in [0.25, 0.3) is 0 Å². The van der Waals surface area contributed by atoms with Gasteiger partial charge in [-0.05, 0) is 58.2 Å². The maximum Gasteiger partial charge on any atom is 0.343 e. The van der Waals surface area contributed by atoms with Crippen LogP contribution in [0.15, 0.2) is 76.3 Å². The lowest BCUT2D eigenvalue weighted by Crippen LogP contribution is -2.34. The van der Waals surface area contributed by atoms with Crippen LogP contribution in [0.4, 0.5) is 0 Å². The highest BCUT2D eigenvalue weighted by Crippen LogP contribution is 2.37. The number of halogens is 1. The summed E-state index contributed by atoms with van der Waals surface area (Å²) in [5.41, 5.74) is 5.38. The molecule has 3 aromatic rings. The van der Waals surface area contributed by atoms with Gasteiger partial charge in [-0.25, -0.2) is 10.2 Å². The normalized spacial score (nSPS) is 17.0. The number of benzene rings is 3. The minimum Gasteiger partial charge on any atom is -0.493 e. The molecule has 0 aliphatic carbocycles. The van der Waals surface area contributed by atoms with Crippen molar-refractivity contribution in [2.75, 3.05) is 13.7 Å². The van der Waals surface area contributed by atoms with Gasteiger partial charge in [0.05, 0.1) is 23.4 Å². The van der Waals surface area contributed by atoms with E-state index in [-0.39, 0.29) is 17.6 Å². The second kappa shape index (κ2) is 11.2. The Bertz CT molecular complexity index is 1310. The number of nitrogens with one attached hydrogen (secondary N) is 2. The van der Waals surface area contributed by atoms with E-state index in [1.54, 1.807) is 24.3 Å². The molecule has 36 heavy (non-hydrogen) atoms. The van der Waals surface area contributed by atoms with Gasteiger partial charge in [-0.15, -0.1) is 0 Å². The van der Waals surface area contributed by atoms with Crippen molar-refractivity contribution < 1.29 is 23.9 Å². The standard InChI is InChI=1S/C27H24BrN3O5/c1-16-8-10-19(11-9-16)27(34)36-24-21(28)12-17(13-22(24)35-2)14-30-31-26(33)23-20(15-29-25(23)32)18-6-4-3-5-7-18/h3-14,20,23H,15H2,1-2H3,(H,29,32)(H,31,33)/t20-,23+/m0/s1. The number of nitrogens with zero attached hydrogens (tertiary/aromatic N) is 1. The molecule has 1 aliphatic heterocycles. The number of esters is 1. The minimum absolute atomic E-state index is 0.220. The van der Waals surface area contributed by atoms with E-state index in [1.807, 2.05) is 49.4 Å². The van der Waals surface area contributed by atoms with Crippen molar-refractivity contribution in [2.45, 2.75) is 12.8 Å². The van der Waals surface area contributed by atoms with Gasteiger partial charge in [0.2, 0.25) is 5.91 Å². The van der Waals surface area contributed by atoms with Gasteiger partial charge in [-0.1, -0.05) is 48.0 Å². The molecule has 1 fully saturated rings. The molecule has 1 aliphatic rings. The first-order valence-electron chi connectivity index (χ1n) is 11.2. The number of methoxy groups -OCH3 is 1. The molecule has 9 heteroatoms. The summed E-state index contributed by atoms with van der Waals surface area (Å²) < 4.78 is 11.4. The van der Waals surface area contributed by atoms with Crippen molar-refractivity contribution >= 4 is 39.9 Å². The van der Waals surface area contributed by atoms with Gasteiger partial charge in [-0.2, -0.15) is 5.10 Å². The third kappa shape index (κ3) is 5.63. The molecular weight excluding hydrogens is 526 g/mol. The zero-order chi connectivity index (χ0) is 25.7. The predicted octanol–water partition coefficient (Wildman–Crippen LogP) is 3.97. The van der Waals surface area contributed by atoms with E-state index in [1.165, 1.54) is 13.3 Å². The number of hydrogen-bond acceptors (Lipinski definition) is 6. The first-order chi connectivity index (χ1) is 17.4. The van der Waals surface area contributed by atoms with Crippen LogP contribution in [-0.4, -0.2) is 37.7 Å². The lowest BCUT2D eigenvalue weighted by atomic mass is 9.88. The highest BCUT2D eigenvalue weighted by atomic mass is 79.9. The van der Waals surface area contributed by atoms with Crippen molar-refractivity contribution in [3.8, 4) is 11.5 Å². The Morgan fingerprint density at radius 2 is 1.83 bits per heavy atom. The SMILES string of the molecule is COc1cc(C=NNC(=O)[C@H]2C(=O)NC[C@H]2c2ccccc2)cc(Br)c1OC(=O)c1ccc(C)cc1. The highest BCUT2D eigenvalue weighted by Gasteiger charge is 2.40. The summed E-state index contributed by atoms with van der Waals surface area (Å²) in [7, 11) is 1.45. The topological polar surface area (TPSA) is 106 Å². The summed E-state index contributed by atoms with van der Waals surface area (Å²) >= 11 is 3.41. The van der Waals surface area contributed by atoms with Crippen LogP contribution in [0, 0.1) is 12.8 Å². The van der Waals surface area contributed by atoms with Crippen molar-refractivity contribution in [2.24, 2.45) is 11.0 Å². The number of hydrogen-bond donors (Lipinski definition) is 2. The molecule has 0 saturated carbocycles. The van der Waals surface area contributed by atoms with Gasteiger partial charge in [0, 0.05) is 12.5 Å². The van der Waals surface area contributed by atoms with Crippen LogP contribution < -0.4 is 20.2 Å². The van der Waals surface area contributed by atoms with E-state index in [0.29, 0.717) is 27.9 Å². The molecule has 0 radical (unpaired) electrons. The van der Waals surface area contributed by atoms with Gasteiger partial charge in [0.25, 0.3) is 5.91 Å². The Hall–Kier alpha value is -3.98. The smallest absolute Gasteiger partial charge is 0.343 e. The minimum atomic E-state index is -0.880. The molecule has 3 aromatic carbocycles. The Morgan fingerprint density at radius 3 is 2.53 bits per heavy atom. The molecule has 4 rings (SSSR count). The van der Waals surface area contributed by atoms with E-state index in [0.717, 1.165) is 11.1 Å². The highest BCUT2D eigenvalue weighted by molar-refractivity contribution is 9.10. The summed E-state index contributed by atoms with van der Waals surface area (Å²) in [6, 6.07) is 19.7. The van der Waals surface area contributed by atoms with Gasteiger partial charge in [-0.3, -0.25) is 9.59 Å². The van der Waals surface area contributed by atoms with Crippen LogP contribution in [0.1, 0.15) is 33.0 Å². The fraction of sp³-hybridized carbons (Fsp3) is 0.185. The average Bonchev–Trinajstić information content (AvgIpc) is 3.27. The van der Waals surface area contributed by atoms with Crippen LogP contribution >= 0.6 is 15.9 Å². The van der Waals surface area contributed by atoms with Crippen molar-refractivity contribution in [1.82, 2.24) is 10.7 Å². The molecule has 2 amide bonds. The summed E-state index contributed by atoms with van der Waals surface area (Å²) in [6.45, 7) is 2.32. The molecule has 0 unspecified atom stereocenters. The molecule has 2 N–H and O–H groups in total. The molecule has 0 aromatic heterocycles. The van der Waals surface area contributed by atoms with Gasteiger partial charge >= 0.3 is 5.97 Å². The largest absolute Gasteiger partial charge is 0.493 e. The third-order valence-electron chi connectivity index (χ3n) is 5.81. The number of carbonyl (C=O) groups is 3. The van der Waals surface area contributed by atoms with E-state index >= 15 is 0 Å². The van der Waals surface area contributed by atoms with Crippen LogP contribution in [0.2, 0.25) is 0 Å². The van der Waals surface area contributed by atoms with Crippen molar-refractivity contribution in [3.05, 3.63) is 93.5 Å². The van der Waals surface area contributed by atoms with E-state index in [2.05, 4.69) is 31.8 Å². The number of aryl methyl sites for hydroxylation is 1. The van der Waals surface area contributed by atoms with Gasteiger partial charge in [0.15, 0.2) is 11.5 Å². The van der Waals surface area contributed by atoms with Crippen molar-refractivity contribution in [1.29, 1.82) is 0 Å². The quantitative estimate of drug-likeness (QED) is 0.152. The van der Waals surface area contributed by atoms with Gasteiger partial charge < -0.3 is 14.8 Å². The van der Waals surface area contributed by atoms with Crippen LogP contribution in [-0.2, 0) is 9.59 Å². The number of hydrazone groups is 1. The number of rotatable bonds is 7. The fourth-order valence-electron chi connectivity index (χ4n) is 3.93. The molecule has 2 atom stereocenters. The summed E-state index contributed by atoms with van der Waals surface area (Å²) in [5, 5.41) is 6.77. The lowest BCUT2D eigenvalue weighted by Gasteiger charge is -2.15. The number of amides is 2. The second-order valence-corrected chi connectivity index (χ2v) is 9.12. The molecule has 184 valence electrons. The fourth-order valence-corrected chi connectivity index (χ4v) is 4.47. The number of carbonyl (C=O) groups excluding carboxylic acids is 3. The van der Waals surface area contributed by atoms with E-state index in [9.17, 15) is 14.4 Å². The summed E-state index contributed by atoms with van der Waals surface area (Å²) in [5.74, 6) is -1.98. The molecule has 8 nitrogen and oxygen atoms in total. The molecule has 1 heterocycles. The Morgan fingerprint density at radius 1 is 1.11 bits per heavy atom. The Kier molecular flexibility index (Phi) is 7.80. The maximum atomic E-state index is 12.8. The van der Waals surface area contributed by atoms with Crippen LogP contribution in [0.3, 0.4) is 0 Å². The summed E-state index contributed by atoms with van der Waals surface area (Å²) in [4.78, 5) is 37.6. The number of ether oxygens (including phenoxy) is 2. The van der Waals surface area contributed by atoms with E-state index < -0.39 is 17.8 Å². The first kappa shape index (κ1) is 25.1. The van der Waals surface area contributed by atoms with Crippen LogP contribution in [0.5, 0.6) is 11.5 Å². The molecular formula is C27H24BrN3O5. The summed E-state index contributed by atoms with van der Waals surface area (Å²) in [6.07, 6.45) is 1.42. The van der Waals surface area contributed by atoms with E-state index in [4.69, 9.17) is 9.47 Å². The maximum absolute atomic E-state index is 12.8. The Labute approximate surface area is 216 Å².